The van der Waals surface area contributed by atoms with Crippen LogP contribution < -0.4 is 5.32 Å². The fraction of sp³-hybridized carbons (Fsp3) is 1.00. The lowest BCUT2D eigenvalue weighted by Gasteiger charge is -2.00. The van der Waals surface area contributed by atoms with Crippen molar-refractivity contribution >= 4 is 24.0 Å². The Morgan fingerprint density at radius 3 is 2.62 bits per heavy atom. The largest absolute Gasteiger partial charge is 0.313 e. The zero-order valence-electron chi connectivity index (χ0n) is 4.69. The molecule has 1 rings (SSSR count). The number of hydrogen-bond acceptors (Lipinski definition) is 1. The highest BCUT2D eigenvalue weighted by molar-refractivity contribution is 6.18. The fourth-order valence-electron chi connectivity index (χ4n) is 0.888. The summed E-state index contributed by atoms with van der Waals surface area (Å²) in [6, 6.07) is 0.613. The van der Waals surface area contributed by atoms with Gasteiger partial charge in [-0.25, -0.2) is 0 Å². The molecule has 1 N–H and O–H groups in total. The molecule has 0 aromatic rings. The van der Waals surface area contributed by atoms with E-state index in [0.717, 1.165) is 12.4 Å². The van der Waals surface area contributed by atoms with Gasteiger partial charge in [0.25, 0.3) is 0 Å². The Morgan fingerprint density at radius 1 is 1.62 bits per heavy atom. The van der Waals surface area contributed by atoms with Crippen LogP contribution in [0, 0.1) is 0 Å². The van der Waals surface area contributed by atoms with Crippen LogP contribution in [0.5, 0.6) is 0 Å². The van der Waals surface area contributed by atoms with Crippen LogP contribution in [0.3, 0.4) is 0 Å². The van der Waals surface area contributed by atoms with Gasteiger partial charge < -0.3 is 5.32 Å². The van der Waals surface area contributed by atoms with Crippen molar-refractivity contribution in [3.63, 3.8) is 0 Å². The van der Waals surface area contributed by atoms with Crippen LogP contribution in [-0.4, -0.2) is 18.5 Å². The summed E-state index contributed by atoms with van der Waals surface area (Å²) in [6.45, 7) is 1.16. The monoisotopic (exact) mass is 155 g/mol. The summed E-state index contributed by atoms with van der Waals surface area (Å²) in [5.41, 5.74) is 0. The number of rotatable bonds is 1. The molecule has 1 atom stereocenters. The van der Waals surface area contributed by atoms with Crippen molar-refractivity contribution in [2.24, 2.45) is 0 Å². The summed E-state index contributed by atoms with van der Waals surface area (Å²) in [5.74, 6) is 0.778. The van der Waals surface area contributed by atoms with Crippen LogP contribution in [0.1, 0.15) is 12.8 Å². The zero-order valence-corrected chi connectivity index (χ0v) is 6.26. The summed E-state index contributed by atoms with van der Waals surface area (Å²) in [4.78, 5) is 0. The number of hydrogen-bond donors (Lipinski definition) is 1. The van der Waals surface area contributed by atoms with Crippen molar-refractivity contribution < 1.29 is 0 Å². The molecular weight excluding hydrogens is 145 g/mol. The minimum absolute atomic E-state index is 0. The van der Waals surface area contributed by atoms with Crippen LogP contribution in [0.2, 0.25) is 0 Å². The van der Waals surface area contributed by atoms with Crippen LogP contribution in [0.25, 0.3) is 0 Å². The highest BCUT2D eigenvalue weighted by Gasteiger charge is 2.10. The van der Waals surface area contributed by atoms with Gasteiger partial charge in [0.1, 0.15) is 0 Å². The van der Waals surface area contributed by atoms with E-state index in [0.29, 0.717) is 6.04 Å². The Kier molecular flexibility index (Phi) is 4.72. The Hall–Kier alpha value is 0.540. The van der Waals surface area contributed by atoms with Gasteiger partial charge >= 0.3 is 0 Å². The second-order valence-corrected chi connectivity index (χ2v) is 2.26. The molecule has 0 saturated carbocycles. The molecule has 0 aromatic heterocycles. The summed E-state index contributed by atoms with van der Waals surface area (Å²) in [7, 11) is 0. The predicted molar refractivity (Wildman–Crippen MR) is 39.0 cm³/mol. The fourth-order valence-corrected chi connectivity index (χ4v) is 1.15. The summed E-state index contributed by atoms with van der Waals surface area (Å²) < 4.78 is 0. The summed E-state index contributed by atoms with van der Waals surface area (Å²) in [6.07, 6.45) is 2.57. The molecule has 3 heteroatoms. The molecule has 1 nitrogen and oxygen atoms in total. The first-order valence-electron chi connectivity index (χ1n) is 2.73. The zero-order chi connectivity index (χ0) is 5.11. The average molecular weight is 156 g/mol. The third-order valence-corrected chi connectivity index (χ3v) is 1.72. The van der Waals surface area contributed by atoms with Crippen molar-refractivity contribution in [1.82, 2.24) is 5.32 Å². The normalized spacial score (nSPS) is 27.4. The van der Waals surface area contributed by atoms with Gasteiger partial charge in [0.15, 0.2) is 0 Å². The van der Waals surface area contributed by atoms with Crippen molar-refractivity contribution in [2.45, 2.75) is 18.9 Å². The van der Waals surface area contributed by atoms with Gasteiger partial charge in [0, 0.05) is 11.9 Å². The van der Waals surface area contributed by atoms with E-state index in [2.05, 4.69) is 5.32 Å². The van der Waals surface area contributed by atoms with E-state index in [1.807, 2.05) is 0 Å². The van der Waals surface area contributed by atoms with Gasteiger partial charge in [-0.15, -0.1) is 24.0 Å². The third kappa shape index (κ3) is 2.21. The molecule has 1 aliphatic heterocycles. The molecule has 0 aromatic carbocycles. The van der Waals surface area contributed by atoms with Crippen LogP contribution in [-0.2, 0) is 0 Å². The predicted octanol–water partition coefficient (Wildman–Crippen LogP) is 1.40. The topological polar surface area (TPSA) is 12.0 Å². The first kappa shape index (κ1) is 8.54. The van der Waals surface area contributed by atoms with Crippen LogP contribution in [0.15, 0.2) is 0 Å². The molecule has 1 fully saturated rings. The smallest absolute Gasteiger partial charge is 0.0377 e. The Morgan fingerprint density at radius 2 is 2.38 bits per heavy atom. The SMILES string of the molecule is Cl.ClC[C@H]1CCCN1. The molecule has 0 aliphatic carbocycles. The van der Waals surface area contributed by atoms with Crippen molar-refractivity contribution in [1.29, 1.82) is 0 Å². The second kappa shape index (κ2) is 4.42. The molecule has 8 heavy (non-hydrogen) atoms. The van der Waals surface area contributed by atoms with E-state index < -0.39 is 0 Å². The molecule has 50 valence electrons. The van der Waals surface area contributed by atoms with E-state index in [-0.39, 0.29) is 12.4 Å². The molecule has 0 spiro atoms. The Balaban J connectivity index is 0.000000490. The van der Waals surface area contributed by atoms with Gasteiger partial charge in [-0.1, -0.05) is 0 Å². The molecule has 1 heterocycles. The number of nitrogens with one attached hydrogen (secondary N) is 1. The number of halogens is 2. The van der Waals surface area contributed by atoms with Gasteiger partial charge in [-0.3, -0.25) is 0 Å². The summed E-state index contributed by atoms with van der Waals surface area (Å²) in [5, 5.41) is 3.27. The lowest BCUT2D eigenvalue weighted by molar-refractivity contribution is 0.670. The minimum Gasteiger partial charge on any atom is -0.313 e. The molecule has 0 radical (unpaired) electrons. The maximum Gasteiger partial charge on any atom is 0.0377 e. The van der Waals surface area contributed by atoms with E-state index in [4.69, 9.17) is 11.6 Å². The maximum atomic E-state index is 5.55. The molecule has 0 bridgehead atoms. The van der Waals surface area contributed by atoms with Crippen LogP contribution in [0.4, 0.5) is 0 Å². The van der Waals surface area contributed by atoms with Crippen LogP contribution >= 0.6 is 24.0 Å². The Bertz CT molecular complexity index is 52.4. The maximum absolute atomic E-state index is 5.55. The highest BCUT2D eigenvalue weighted by Crippen LogP contribution is 2.04. The van der Waals surface area contributed by atoms with Crippen molar-refractivity contribution in [3.05, 3.63) is 0 Å². The number of alkyl halides is 1. The first-order chi connectivity index (χ1) is 3.43. The van der Waals surface area contributed by atoms with Gasteiger partial charge in [-0.05, 0) is 19.4 Å². The summed E-state index contributed by atoms with van der Waals surface area (Å²) >= 11 is 5.55. The molecule has 1 saturated heterocycles. The average Bonchev–Trinajstić information content (AvgIpc) is 2.14. The molecular formula is C5H11Cl2N. The van der Waals surface area contributed by atoms with Crippen molar-refractivity contribution in [2.75, 3.05) is 12.4 Å². The van der Waals surface area contributed by atoms with E-state index in [1.165, 1.54) is 12.8 Å². The minimum atomic E-state index is 0. The molecule has 0 unspecified atom stereocenters. The quantitative estimate of drug-likeness (QED) is 0.566. The first-order valence-corrected chi connectivity index (χ1v) is 3.26. The van der Waals surface area contributed by atoms with E-state index in [9.17, 15) is 0 Å². The van der Waals surface area contributed by atoms with E-state index >= 15 is 0 Å². The van der Waals surface area contributed by atoms with Gasteiger partial charge in [-0.2, -0.15) is 0 Å². The highest BCUT2D eigenvalue weighted by atomic mass is 35.5. The molecule has 1 aliphatic rings. The molecule has 0 amide bonds. The van der Waals surface area contributed by atoms with Crippen molar-refractivity contribution in [3.8, 4) is 0 Å². The standard InChI is InChI=1S/C5H10ClN.ClH/c6-4-5-2-1-3-7-5;/h5,7H,1-4H2;1H/t5-;/m1./s1. The van der Waals surface area contributed by atoms with Gasteiger partial charge in [0.2, 0.25) is 0 Å². The Labute approximate surface area is 61.2 Å². The van der Waals surface area contributed by atoms with Gasteiger partial charge in [0.05, 0.1) is 0 Å². The third-order valence-electron chi connectivity index (χ3n) is 1.35. The lowest BCUT2D eigenvalue weighted by Crippen LogP contribution is -2.22. The lowest BCUT2D eigenvalue weighted by atomic mass is 10.3. The second-order valence-electron chi connectivity index (χ2n) is 1.95. The van der Waals surface area contributed by atoms with E-state index in [1.54, 1.807) is 0 Å².